The van der Waals surface area contributed by atoms with Crippen molar-refractivity contribution in [1.82, 2.24) is 0 Å². The lowest BCUT2D eigenvalue weighted by molar-refractivity contribution is 0.195. The van der Waals surface area contributed by atoms with E-state index in [2.05, 4.69) is 19.6 Å². The SMILES string of the molecule is C=CC1CCCC(C2CCC(C)CC2)CC1. The van der Waals surface area contributed by atoms with E-state index < -0.39 is 0 Å². The third-order valence-electron chi connectivity index (χ3n) is 5.12. The molecule has 2 atom stereocenters. The molecule has 0 aliphatic heterocycles. The average molecular weight is 220 g/mol. The molecule has 0 N–H and O–H groups in total. The Morgan fingerprint density at radius 3 is 2.12 bits per heavy atom. The summed E-state index contributed by atoms with van der Waals surface area (Å²) in [5.41, 5.74) is 0. The summed E-state index contributed by atoms with van der Waals surface area (Å²) < 4.78 is 0. The third kappa shape index (κ3) is 3.12. The maximum Gasteiger partial charge on any atom is -0.0236 e. The highest BCUT2D eigenvalue weighted by molar-refractivity contribution is 4.85. The quantitative estimate of drug-likeness (QED) is 0.443. The normalized spacial score (nSPS) is 41.3. The van der Waals surface area contributed by atoms with E-state index in [0.717, 1.165) is 23.7 Å². The minimum Gasteiger partial charge on any atom is -0.103 e. The number of hydrogen-bond donors (Lipinski definition) is 0. The zero-order valence-corrected chi connectivity index (χ0v) is 11.0. The maximum atomic E-state index is 3.97. The van der Waals surface area contributed by atoms with Crippen LogP contribution in [0.15, 0.2) is 12.7 Å². The van der Waals surface area contributed by atoms with Crippen molar-refractivity contribution in [2.45, 2.75) is 64.7 Å². The molecule has 2 fully saturated rings. The van der Waals surface area contributed by atoms with Gasteiger partial charge in [0, 0.05) is 0 Å². The van der Waals surface area contributed by atoms with Gasteiger partial charge in [0.25, 0.3) is 0 Å². The first-order valence-corrected chi connectivity index (χ1v) is 7.42. The molecule has 0 aromatic heterocycles. The summed E-state index contributed by atoms with van der Waals surface area (Å²) in [6, 6.07) is 0. The first-order valence-electron chi connectivity index (χ1n) is 7.42. The predicted molar refractivity (Wildman–Crippen MR) is 71.4 cm³/mol. The van der Waals surface area contributed by atoms with Crippen molar-refractivity contribution in [1.29, 1.82) is 0 Å². The highest BCUT2D eigenvalue weighted by Gasteiger charge is 2.27. The molecule has 2 saturated carbocycles. The highest BCUT2D eigenvalue weighted by Crippen LogP contribution is 2.40. The molecule has 0 spiro atoms. The largest absolute Gasteiger partial charge is 0.103 e. The van der Waals surface area contributed by atoms with E-state index in [1.54, 1.807) is 0 Å². The van der Waals surface area contributed by atoms with Crippen LogP contribution in [-0.4, -0.2) is 0 Å². The van der Waals surface area contributed by atoms with Crippen molar-refractivity contribution in [3.05, 3.63) is 12.7 Å². The van der Waals surface area contributed by atoms with Gasteiger partial charge in [0.2, 0.25) is 0 Å². The van der Waals surface area contributed by atoms with Crippen LogP contribution in [-0.2, 0) is 0 Å². The van der Waals surface area contributed by atoms with Crippen molar-refractivity contribution in [3.8, 4) is 0 Å². The Labute approximate surface area is 102 Å². The van der Waals surface area contributed by atoms with Gasteiger partial charge in [0.15, 0.2) is 0 Å². The Morgan fingerprint density at radius 2 is 1.44 bits per heavy atom. The molecule has 0 bridgehead atoms. The molecule has 0 heteroatoms. The third-order valence-corrected chi connectivity index (χ3v) is 5.12. The Hall–Kier alpha value is -0.260. The molecule has 92 valence electrons. The van der Waals surface area contributed by atoms with Gasteiger partial charge >= 0.3 is 0 Å². The van der Waals surface area contributed by atoms with Crippen LogP contribution < -0.4 is 0 Å². The Balaban J connectivity index is 1.82. The van der Waals surface area contributed by atoms with E-state index in [4.69, 9.17) is 0 Å². The fourth-order valence-corrected chi connectivity index (χ4v) is 3.82. The van der Waals surface area contributed by atoms with Gasteiger partial charge in [0.1, 0.15) is 0 Å². The Kier molecular flexibility index (Phi) is 4.49. The van der Waals surface area contributed by atoms with Crippen LogP contribution in [0.2, 0.25) is 0 Å². The molecule has 0 aromatic carbocycles. The highest BCUT2D eigenvalue weighted by atomic mass is 14.3. The standard InChI is InChI=1S/C16H28/c1-3-14-5-4-6-15(12-9-14)16-10-7-13(2)8-11-16/h3,13-16H,1,4-12H2,2H3. The molecule has 0 heterocycles. The lowest BCUT2D eigenvalue weighted by Gasteiger charge is -2.32. The summed E-state index contributed by atoms with van der Waals surface area (Å²) in [7, 11) is 0. The van der Waals surface area contributed by atoms with E-state index >= 15 is 0 Å². The molecule has 0 radical (unpaired) electrons. The number of rotatable bonds is 2. The molecule has 0 nitrogen and oxygen atoms in total. The molecule has 0 saturated heterocycles. The van der Waals surface area contributed by atoms with Gasteiger partial charge in [-0.3, -0.25) is 0 Å². The van der Waals surface area contributed by atoms with E-state index in [1.165, 1.54) is 57.8 Å². The van der Waals surface area contributed by atoms with Gasteiger partial charge in [-0.05, 0) is 55.8 Å². The fourth-order valence-electron chi connectivity index (χ4n) is 3.82. The second kappa shape index (κ2) is 5.89. The van der Waals surface area contributed by atoms with Crippen LogP contribution in [0, 0.1) is 23.7 Å². The van der Waals surface area contributed by atoms with Crippen molar-refractivity contribution in [3.63, 3.8) is 0 Å². The van der Waals surface area contributed by atoms with Gasteiger partial charge in [-0.2, -0.15) is 0 Å². The maximum absolute atomic E-state index is 3.97. The lowest BCUT2D eigenvalue weighted by Crippen LogP contribution is -2.20. The topological polar surface area (TPSA) is 0 Å². The molecular weight excluding hydrogens is 192 g/mol. The smallest absolute Gasteiger partial charge is 0.0236 e. The molecule has 2 rings (SSSR count). The monoisotopic (exact) mass is 220 g/mol. The van der Waals surface area contributed by atoms with E-state index in [0.29, 0.717) is 0 Å². The minimum absolute atomic E-state index is 0.826. The molecule has 2 unspecified atom stereocenters. The van der Waals surface area contributed by atoms with Crippen molar-refractivity contribution in [2.24, 2.45) is 23.7 Å². The van der Waals surface area contributed by atoms with Crippen molar-refractivity contribution < 1.29 is 0 Å². The van der Waals surface area contributed by atoms with E-state index in [-0.39, 0.29) is 0 Å². The van der Waals surface area contributed by atoms with Crippen LogP contribution in [0.5, 0.6) is 0 Å². The molecule has 16 heavy (non-hydrogen) atoms. The van der Waals surface area contributed by atoms with Gasteiger partial charge in [0.05, 0.1) is 0 Å². The zero-order chi connectivity index (χ0) is 11.4. The van der Waals surface area contributed by atoms with E-state index in [1.807, 2.05) is 0 Å². The molecular formula is C16H28. The number of allylic oxidation sites excluding steroid dienone is 1. The molecule has 0 aromatic rings. The van der Waals surface area contributed by atoms with Crippen LogP contribution in [0.25, 0.3) is 0 Å². The second-order valence-electron chi connectivity index (χ2n) is 6.28. The second-order valence-corrected chi connectivity index (χ2v) is 6.28. The van der Waals surface area contributed by atoms with Crippen molar-refractivity contribution in [2.75, 3.05) is 0 Å². The first kappa shape index (κ1) is 12.2. The summed E-state index contributed by atoms with van der Waals surface area (Å²) in [6.45, 7) is 6.40. The Morgan fingerprint density at radius 1 is 0.812 bits per heavy atom. The van der Waals surface area contributed by atoms with Crippen LogP contribution in [0.4, 0.5) is 0 Å². The summed E-state index contributed by atoms with van der Waals surface area (Å²) in [4.78, 5) is 0. The Bertz CT molecular complexity index is 210. The average Bonchev–Trinajstić information content (AvgIpc) is 2.55. The van der Waals surface area contributed by atoms with Crippen molar-refractivity contribution >= 4 is 0 Å². The minimum atomic E-state index is 0.826. The number of hydrogen-bond acceptors (Lipinski definition) is 0. The molecule has 2 aliphatic rings. The van der Waals surface area contributed by atoms with Gasteiger partial charge in [-0.25, -0.2) is 0 Å². The molecule has 0 amide bonds. The summed E-state index contributed by atoms with van der Waals surface area (Å²) >= 11 is 0. The summed E-state index contributed by atoms with van der Waals surface area (Å²) in [5.74, 6) is 3.95. The summed E-state index contributed by atoms with van der Waals surface area (Å²) in [6.07, 6.45) is 15.5. The first-order chi connectivity index (χ1) is 7.79. The zero-order valence-electron chi connectivity index (χ0n) is 11.0. The fraction of sp³-hybridized carbons (Fsp3) is 0.875. The van der Waals surface area contributed by atoms with Gasteiger partial charge < -0.3 is 0 Å². The van der Waals surface area contributed by atoms with Crippen LogP contribution >= 0.6 is 0 Å². The molecule has 2 aliphatic carbocycles. The lowest BCUT2D eigenvalue weighted by atomic mass is 9.74. The predicted octanol–water partition coefficient (Wildman–Crippen LogP) is 5.20. The van der Waals surface area contributed by atoms with Gasteiger partial charge in [-0.15, -0.1) is 6.58 Å². The van der Waals surface area contributed by atoms with Gasteiger partial charge in [-0.1, -0.05) is 38.7 Å². The van der Waals surface area contributed by atoms with E-state index in [9.17, 15) is 0 Å². The summed E-state index contributed by atoms with van der Waals surface area (Å²) in [5, 5.41) is 0. The van der Waals surface area contributed by atoms with Crippen LogP contribution in [0.3, 0.4) is 0 Å². The van der Waals surface area contributed by atoms with Crippen LogP contribution in [0.1, 0.15) is 64.7 Å².